The number of rotatable bonds is 4. The summed E-state index contributed by atoms with van der Waals surface area (Å²) in [6.07, 6.45) is 0.872. The minimum Gasteiger partial charge on any atom is -0.313 e. The van der Waals surface area contributed by atoms with Gasteiger partial charge in [-0.2, -0.15) is 0 Å². The Bertz CT molecular complexity index is 572. The van der Waals surface area contributed by atoms with Gasteiger partial charge in [-0.1, -0.05) is 57.3 Å². The molecule has 0 fully saturated rings. The van der Waals surface area contributed by atoms with Crippen LogP contribution in [0.5, 0.6) is 0 Å². The largest absolute Gasteiger partial charge is 0.313 e. The van der Waals surface area contributed by atoms with Crippen molar-refractivity contribution in [3.63, 3.8) is 0 Å². The van der Waals surface area contributed by atoms with E-state index in [1.807, 2.05) is 43.4 Å². The first-order valence-electron chi connectivity index (χ1n) is 5.97. The van der Waals surface area contributed by atoms with Crippen LogP contribution in [0, 0.1) is 0 Å². The topological polar surface area (TPSA) is 12.0 Å². The van der Waals surface area contributed by atoms with Gasteiger partial charge < -0.3 is 5.32 Å². The molecular formula is C15H14BrCl2N. The first kappa shape index (κ1) is 14.9. The fraction of sp³-hybridized carbons (Fsp3) is 0.200. The van der Waals surface area contributed by atoms with Crippen molar-refractivity contribution in [2.45, 2.75) is 12.5 Å². The molecule has 19 heavy (non-hydrogen) atoms. The lowest BCUT2D eigenvalue weighted by atomic mass is 9.99. The van der Waals surface area contributed by atoms with Gasteiger partial charge in [0.25, 0.3) is 0 Å². The molecular weight excluding hydrogens is 345 g/mol. The maximum atomic E-state index is 6.02. The molecule has 0 aliphatic rings. The molecule has 1 unspecified atom stereocenters. The lowest BCUT2D eigenvalue weighted by molar-refractivity contribution is 0.590. The SMILES string of the molecule is CNC(Cc1cccc(Cl)c1)c1ccc(Cl)cc1Br. The summed E-state index contributed by atoms with van der Waals surface area (Å²) >= 11 is 15.6. The van der Waals surface area contributed by atoms with Gasteiger partial charge in [-0.05, 0) is 48.9 Å². The van der Waals surface area contributed by atoms with E-state index in [1.165, 1.54) is 11.1 Å². The van der Waals surface area contributed by atoms with Crippen LogP contribution in [-0.2, 0) is 6.42 Å². The summed E-state index contributed by atoms with van der Waals surface area (Å²) in [6.45, 7) is 0. The first-order valence-corrected chi connectivity index (χ1v) is 7.51. The normalized spacial score (nSPS) is 12.4. The maximum absolute atomic E-state index is 6.02. The van der Waals surface area contributed by atoms with Crippen LogP contribution in [0.15, 0.2) is 46.9 Å². The van der Waals surface area contributed by atoms with Gasteiger partial charge >= 0.3 is 0 Å². The van der Waals surface area contributed by atoms with Gasteiger partial charge in [0.15, 0.2) is 0 Å². The minimum absolute atomic E-state index is 0.213. The molecule has 0 radical (unpaired) electrons. The molecule has 0 bridgehead atoms. The van der Waals surface area contributed by atoms with Crippen LogP contribution in [0.25, 0.3) is 0 Å². The highest BCUT2D eigenvalue weighted by Gasteiger charge is 2.13. The van der Waals surface area contributed by atoms with Gasteiger partial charge in [0.05, 0.1) is 0 Å². The maximum Gasteiger partial charge on any atom is 0.0417 e. The zero-order chi connectivity index (χ0) is 13.8. The van der Waals surface area contributed by atoms with Crippen LogP contribution in [0.1, 0.15) is 17.2 Å². The second-order valence-corrected chi connectivity index (χ2v) is 6.07. The van der Waals surface area contributed by atoms with E-state index in [-0.39, 0.29) is 6.04 Å². The van der Waals surface area contributed by atoms with Gasteiger partial charge in [-0.25, -0.2) is 0 Å². The van der Waals surface area contributed by atoms with E-state index in [0.29, 0.717) is 0 Å². The number of halogens is 3. The molecule has 1 nitrogen and oxygen atoms in total. The Kier molecular flexibility index (Phi) is 5.28. The Morgan fingerprint density at radius 2 is 1.84 bits per heavy atom. The van der Waals surface area contributed by atoms with Crippen molar-refractivity contribution in [2.24, 2.45) is 0 Å². The fourth-order valence-electron chi connectivity index (χ4n) is 2.05. The first-order chi connectivity index (χ1) is 9.10. The Morgan fingerprint density at radius 3 is 2.47 bits per heavy atom. The standard InChI is InChI=1S/C15H14BrCl2N/c1-19-15(8-10-3-2-4-11(17)7-10)13-6-5-12(18)9-14(13)16/h2-7,9,15,19H,8H2,1H3. The summed E-state index contributed by atoms with van der Waals surface area (Å²) in [7, 11) is 1.95. The Morgan fingerprint density at radius 1 is 1.11 bits per heavy atom. The molecule has 0 aromatic heterocycles. The van der Waals surface area contributed by atoms with Crippen molar-refractivity contribution in [1.29, 1.82) is 0 Å². The summed E-state index contributed by atoms with van der Waals surface area (Å²) in [5, 5.41) is 4.83. The van der Waals surface area contributed by atoms with E-state index >= 15 is 0 Å². The third-order valence-corrected chi connectivity index (χ3v) is 4.17. The van der Waals surface area contributed by atoms with Crippen molar-refractivity contribution < 1.29 is 0 Å². The number of hydrogen-bond donors (Lipinski definition) is 1. The molecule has 0 spiro atoms. The Labute approximate surface area is 132 Å². The average molecular weight is 359 g/mol. The summed E-state index contributed by atoms with van der Waals surface area (Å²) < 4.78 is 1.02. The zero-order valence-electron chi connectivity index (χ0n) is 10.5. The van der Waals surface area contributed by atoms with E-state index in [0.717, 1.165) is 20.9 Å². The van der Waals surface area contributed by atoms with Crippen molar-refractivity contribution in [2.75, 3.05) is 7.05 Å². The number of likely N-dealkylation sites (N-methyl/N-ethyl adjacent to an activating group) is 1. The summed E-state index contributed by atoms with van der Waals surface area (Å²) in [4.78, 5) is 0. The van der Waals surface area contributed by atoms with Crippen molar-refractivity contribution >= 4 is 39.1 Å². The molecule has 0 saturated heterocycles. The third kappa shape index (κ3) is 3.96. The molecule has 0 aliphatic carbocycles. The molecule has 0 heterocycles. The van der Waals surface area contributed by atoms with E-state index < -0.39 is 0 Å². The molecule has 0 amide bonds. The fourth-order valence-corrected chi connectivity index (χ4v) is 3.22. The monoisotopic (exact) mass is 357 g/mol. The van der Waals surface area contributed by atoms with Gasteiger partial charge in [-0.15, -0.1) is 0 Å². The lowest BCUT2D eigenvalue weighted by Gasteiger charge is -2.18. The molecule has 2 rings (SSSR count). The van der Waals surface area contributed by atoms with Gasteiger partial charge in [0.1, 0.15) is 0 Å². The van der Waals surface area contributed by atoms with Crippen molar-refractivity contribution in [1.82, 2.24) is 5.32 Å². The molecule has 4 heteroatoms. The molecule has 0 saturated carbocycles. The highest BCUT2D eigenvalue weighted by molar-refractivity contribution is 9.10. The smallest absolute Gasteiger partial charge is 0.0417 e. The number of hydrogen-bond acceptors (Lipinski definition) is 1. The van der Waals surface area contributed by atoms with Crippen LogP contribution in [-0.4, -0.2) is 7.05 Å². The molecule has 2 aromatic carbocycles. The quantitative estimate of drug-likeness (QED) is 0.786. The highest BCUT2D eigenvalue weighted by atomic mass is 79.9. The Balaban J connectivity index is 2.25. The van der Waals surface area contributed by atoms with Crippen molar-refractivity contribution in [3.8, 4) is 0 Å². The van der Waals surface area contributed by atoms with Crippen LogP contribution in [0.3, 0.4) is 0 Å². The van der Waals surface area contributed by atoms with E-state index in [9.17, 15) is 0 Å². The van der Waals surface area contributed by atoms with E-state index in [2.05, 4.69) is 27.3 Å². The second-order valence-electron chi connectivity index (χ2n) is 4.34. The van der Waals surface area contributed by atoms with Crippen LogP contribution in [0.4, 0.5) is 0 Å². The predicted molar refractivity (Wildman–Crippen MR) is 86.1 cm³/mol. The minimum atomic E-state index is 0.213. The second kappa shape index (κ2) is 6.76. The molecule has 2 aromatic rings. The van der Waals surface area contributed by atoms with E-state index in [1.54, 1.807) is 0 Å². The van der Waals surface area contributed by atoms with Gasteiger partial charge in [0, 0.05) is 20.6 Å². The summed E-state index contributed by atoms with van der Waals surface area (Å²) in [5.41, 5.74) is 2.39. The van der Waals surface area contributed by atoms with Crippen LogP contribution < -0.4 is 5.32 Å². The molecule has 1 atom stereocenters. The number of nitrogens with one attached hydrogen (secondary N) is 1. The lowest BCUT2D eigenvalue weighted by Crippen LogP contribution is -2.19. The average Bonchev–Trinajstić information content (AvgIpc) is 2.37. The van der Waals surface area contributed by atoms with Crippen LogP contribution in [0.2, 0.25) is 10.0 Å². The Hall–Kier alpha value is -0.540. The summed E-state index contributed by atoms with van der Waals surface area (Å²) in [5.74, 6) is 0. The predicted octanol–water partition coefficient (Wildman–Crippen LogP) is 5.26. The van der Waals surface area contributed by atoms with Crippen molar-refractivity contribution in [3.05, 3.63) is 68.1 Å². The molecule has 0 aliphatic heterocycles. The van der Waals surface area contributed by atoms with E-state index in [4.69, 9.17) is 23.2 Å². The highest BCUT2D eigenvalue weighted by Crippen LogP contribution is 2.29. The summed E-state index contributed by atoms with van der Waals surface area (Å²) in [6, 6.07) is 14.0. The van der Waals surface area contributed by atoms with Gasteiger partial charge in [0.2, 0.25) is 0 Å². The zero-order valence-corrected chi connectivity index (χ0v) is 13.6. The number of benzene rings is 2. The molecule has 1 N–H and O–H groups in total. The van der Waals surface area contributed by atoms with Crippen LogP contribution >= 0.6 is 39.1 Å². The molecule has 100 valence electrons. The van der Waals surface area contributed by atoms with Gasteiger partial charge in [-0.3, -0.25) is 0 Å². The third-order valence-electron chi connectivity index (χ3n) is 3.02.